The molecule has 0 aliphatic heterocycles. The number of benzene rings is 3. The van der Waals surface area contributed by atoms with Crippen molar-refractivity contribution in [2.75, 3.05) is 13.7 Å². The highest BCUT2D eigenvalue weighted by Crippen LogP contribution is 2.29. The number of hydrogen-bond donors (Lipinski definition) is 1. The molecule has 0 radical (unpaired) electrons. The average molecular weight is 607 g/mol. The van der Waals surface area contributed by atoms with Crippen molar-refractivity contribution in [1.29, 1.82) is 0 Å². The van der Waals surface area contributed by atoms with Crippen molar-refractivity contribution in [3.05, 3.63) is 90.9 Å². The molecule has 1 N–H and O–H groups in total. The summed E-state index contributed by atoms with van der Waals surface area (Å²) in [6.45, 7) is -0.359. The van der Waals surface area contributed by atoms with Crippen molar-refractivity contribution in [3.63, 3.8) is 0 Å². The minimum absolute atomic E-state index is 0.109. The first kappa shape index (κ1) is 25.8. The van der Waals surface area contributed by atoms with Crippen LogP contribution in [0.4, 0.5) is 5.69 Å². The van der Waals surface area contributed by atoms with Gasteiger partial charge in [-0.25, -0.2) is 10.2 Å². The molecule has 0 bridgehead atoms. The Morgan fingerprint density at radius 2 is 1.74 bits per heavy atom. The highest BCUT2D eigenvalue weighted by molar-refractivity contribution is 9.10. The maximum atomic E-state index is 12.3. The number of hydrogen-bond acceptors (Lipinski definition) is 8. The molecule has 3 aromatic carbocycles. The Morgan fingerprint density at radius 1 is 1.03 bits per heavy atom. The largest absolute Gasteiger partial charge is 0.493 e. The molecule has 35 heavy (non-hydrogen) atoms. The second-order valence-electron chi connectivity index (χ2n) is 6.76. The number of rotatable bonds is 9. The lowest BCUT2D eigenvalue weighted by Gasteiger charge is -2.10. The number of amides is 1. The van der Waals surface area contributed by atoms with Crippen LogP contribution < -0.4 is 19.6 Å². The van der Waals surface area contributed by atoms with Gasteiger partial charge in [-0.15, -0.1) is 0 Å². The van der Waals surface area contributed by atoms with E-state index in [4.69, 9.17) is 14.2 Å². The quantitative estimate of drug-likeness (QED) is 0.121. The standard InChI is InChI=1S/C23H17Br2N3O7/c1-33-21-10-14(2-8-20(21)35-23(30)15-3-5-16(24)6-4-15)12-26-27-22(29)13-34-19-9-7-17(28(31)32)11-18(19)25/h2-12H,13H2,1H3,(H,27,29). The van der Waals surface area contributed by atoms with E-state index in [1.807, 2.05) is 0 Å². The lowest BCUT2D eigenvalue weighted by Crippen LogP contribution is -2.24. The predicted molar refractivity (Wildman–Crippen MR) is 134 cm³/mol. The van der Waals surface area contributed by atoms with Crippen LogP contribution in [0.15, 0.2) is 74.7 Å². The molecular formula is C23H17Br2N3O7. The minimum atomic E-state index is -0.543. The van der Waals surface area contributed by atoms with E-state index in [9.17, 15) is 19.7 Å². The van der Waals surface area contributed by atoms with Crippen molar-refractivity contribution in [1.82, 2.24) is 5.43 Å². The summed E-state index contributed by atoms with van der Waals surface area (Å²) in [5.41, 5.74) is 3.16. The summed E-state index contributed by atoms with van der Waals surface area (Å²) in [5.74, 6) is -0.281. The van der Waals surface area contributed by atoms with Gasteiger partial charge in [-0.05, 0) is 70.0 Å². The Morgan fingerprint density at radius 3 is 2.40 bits per heavy atom. The highest BCUT2D eigenvalue weighted by atomic mass is 79.9. The van der Waals surface area contributed by atoms with Gasteiger partial charge < -0.3 is 14.2 Å². The van der Waals surface area contributed by atoms with Crippen LogP contribution in [-0.4, -0.2) is 36.7 Å². The molecule has 0 saturated carbocycles. The predicted octanol–water partition coefficient (Wildman–Crippen LogP) is 4.88. The number of nitrogens with zero attached hydrogens (tertiary/aromatic N) is 2. The third kappa shape index (κ3) is 7.36. The van der Waals surface area contributed by atoms with Crippen molar-refractivity contribution in [2.45, 2.75) is 0 Å². The zero-order chi connectivity index (χ0) is 25.4. The van der Waals surface area contributed by atoms with Gasteiger partial charge >= 0.3 is 5.97 Å². The molecule has 0 fully saturated rings. The van der Waals surface area contributed by atoms with Gasteiger partial charge in [-0.3, -0.25) is 14.9 Å². The second kappa shape index (κ2) is 12.1. The molecule has 180 valence electrons. The normalized spacial score (nSPS) is 10.6. The molecule has 3 rings (SSSR count). The van der Waals surface area contributed by atoms with Crippen LogP contribution in [-0.2, 0) is 4.79 Å². The Labute approximate surface area is 216 Å². The summed E-state index contributed by atoms with van der Waals surface area (Å²) < 4.78 is 17.2. The van der Waals surface area contributed by atoms with Gasteiger partial charge in [0.05, 0.1) is 28.3 Å². The van der Waals surface area contributed by atoms with E-state index in [0.29, 0.717) is 21.3 Å². The SMILES string of the molecule is COc1cc(C=NNC(=O)COc2ccc([N+](=O)[O-])cc2Br)ccc1OC(=O)c1ccc(Br)cc1. The van der Waals surface area contributed by atoms with E-state index in [0.717, 1.165) is 4.47 Å². The van der Waals surface area contributed by atoms with E-state index in [2.05, 4.69) is 42.4 Å². The van der Waals surface area contributed by atoms with Crippen LogP contribution in [0, 0.1) is 10.1 Å². The number of nitro benzene ring substituents is 1. The molecule has 0 aliphatic carbocycles. The molecule has 12 heteroatoms. The minimum Gasteiger partial charge on any atom is -0.493 e. The van der Waals surface area contributed by atoms with E-state index < -0.39 is 16.8 Å². The number of nitro groups is 1. The summed E-state index contributed by atoms with van der Waals surface area (Å²) in [7, 11) is 1.43. The second-order valence-corrected chi connectivity index (χ2v) is 8.53. The highest BCUT2D eigenvalue weighted by Gasteiger charge is 2.13. The molecule has 0 heterocycles. The van der Waals surface area contributed by atoms with Crippen LogP contribution in [0.3, 0.4) is 0 Å². The zero-order valence-corrected chi connectivity index (χ0v) is 21.2. The third-order valence-corrected chi connectivity index (χ3v) is 5.51. The molecule has 0 aromatic heterocycles. The van der Waals surface area contributed by atoms with Gasteiger partial charge in [0.2, 0.25) is 0 Å². The molecular weight excluding hydrogens is 590 g/mol. The molecule has 10 nitrogen and oxygen atoms in total. The molecule has 3 aromatic rings. The van der Waals surface area contributed by atoms with Gasteiger partial charge in [-0.1, -0.05) is 15.9 Å². The molecule has 0 aliphatic rings. The number of hydrazone groups is 1. The fourth-order valence-electron chi connectivity index (χ4n) is 2.67. The number of halogens is 2. The summed E-state index contributed by atoms with van der Waals surface area (Å²) in [5, 5.41) is 14.6. The summed E-state index contributed by atoms with van der Waals surface area (Å²) in [4.78, 5) is 34.6. The lowest BCUT2D eigenvalue weighted by molar-refractivity contribution is -0.384. The maximum Gasteiger partial charge on any atom is 0.343 e. The summed E-state index contributed by atoms with van der Waals surface area (Å²) in [6, 6.07) is 15.4. The van der Waals surface area contributed by atoms with E-state index in [1.165, 1.54) is 31.5 Å². The third-order valence-electron chi connectivity index (χ3n) is 4.36. The Hall–Kier alpha value is -3.77. The van der Waals surface area contributed by atoms with Gasteiger partial charge in [-0.2, -0.15) is 5.10 Å². The Kier molecular flexibility index (Phi) is 8.92. The fraction of sp³-hybridized carbons (Fsp3) is 0.0870. The van der Waals surface area contributed by atoms with Crippen LogP contribution in [0.1, 0.15) is 15.9 Å². The van der Waals surface area contributed by atoms with E-state index >= 15 is 0 Å². The van der Waals surface area contributed by atoms with Crippen molar-refractivity contribution in [3.8, 4) is 17.2 Å². The van der Waals surface area contributed by atoms with Crippen LogP contribution >= 0.6 is 31.9 Å². The first-order chi connectivity index (χ1) is 16.8. The van der Waals surface area contributed by atoms with Crippen molar-refractivity contribution >= 4 is 55.6 Å². The number of non-ortho nitro benzene ring substituents is 1. The number of carbonyl (C=O) groups excluding carboxylic acids is 2. The Bertz CT molecular complexity index is 1280. The molecule has 0 unspecified atom stereocenters. The van der Waals surface area contributed by atoms with Gasteiger partial charge in [0, 0.05) is 16.6 Å². The number of esters is 1. The topological polar surface area (TPSA) is 129 Å². The van der Waals surface area contributed by atoms with Crippen molar-refractivity contribution in [2.24, 2.45) is 5.10 Å². The molecule has 0 atom stereocenters. The number of methoxy groups -OCH3 is 1. The fourth-order valence-corrected chi connectivity index (χ4v) is 3.41. The zero-order valence-electron chi connectivity index (χ0n) is 18.1. The van der Waals surface area contributed by atoms with Crippen molar-refractivity contribution < 1.29 is 28.7 Å². The van der Waals surface area contributed by atoms with Crippen LogP contribution in [0.5, 0.6) is 17.2 Å². The van der Waals surface area contributed by atoms with Crippen LogP contribution in [0.2, 0.25) is 0 Å². The number of ether oxygens (including phenoxy) is 3. The molecule has 1 amide bonds. The summed E-state index contributed by atoms with van der Waals surface area (Å²) in [6.07, 6.45) is 1.38. The van der Waals surface area contributed by atoms with E-state index in [-0.39, 0.29) is 23.8 Å². The van der Waals surface area contributed by atoms with Gasteiger partial charge in [0.15, 0.2) is 18.1 Å². The summed E-state index contributed by atoms with van der Waals surface area (Å²) >= 11 is 6.47. The van der Waals surface area contributed by atoms with E-state index in [1.54, 1.807) is 42.5 Å². The maximum absolute atomic E-state index is 12.3. The molecule has 0 saturated heterocycles. The number of nitrogens with one attached hydrogen (secondary N) is 1. The smallest absolute Gasteiger partial charge is 0.343 e. The van der Waals surface area contributed by atoms with Gasteiger partial charge in [0.1, 0.15) is 5.75 Å². The average Bonchev–Trinajstić information content (AvgIpc) is 2.84. The number of carbonyl (C=O) groups is 2. The van der Waals surface area contributed by atoms with Crippen LogP contribution in [0.25, 0.3) is 0 Å². The molecule has 0 spiro atoms. The monoisotopic (exact) mass is 605 g/mol. The van der Waals surface area contributed by atoms with Gasteiger partial charge in [0.25, 0.3) is 11.6 Å². The lowest BCUT2D eigenvalue weighted by atomic mass is 10.2. The Balaban J connectivity index is 1.56. The first-order valence-corrected chi connectivity index (χ1v) is 11.4. The first-order valence-electron chi connectivity index (χ1n) is 9.81.